The Balaban J connectivity index is 1.53. The monoisotopic (exact) mass is 297 g/mol. The zero-order valence-electron chi connectivity index (χ0n) is 12.4. The molecule has 0 N–H and O–H groups in total. The van der Waals surface area contributed by atoms with E-state index in [1.54, 1.807) is 6.26 Å². The summed E-state index contributed by atoms with van der Waals surface area (Å²) in [5.74, 6) is 1.03. The predicted molar refractivity (Wildman–Crippen MR) is 81.3 cm³/mol. The lowest BCUT2D eigenvalue weighted by atomic mass is 9.94. The second-order valence-electron chi connectivity index (χ2n) is 6.07. The highest BCUT2D eigenvalue weighted by Gasteiger charge is 2.53. The number of amides is 1. The molecule has 4 rings (SSSR count). The Morgan fingerprint density at radius 2 is 1.95 bits per heavy atom. The van der Waals surface area contributed by atoms with Crippen LogP contribution in [0.15, 0.2) is 53.1 Å². The van der Waals surface area contributed by atoms with Crippen molar-refractivity contribution in [1.29, 1.82) is 0 Å². The van der Waals surface area contributed by atoms with Crippen LogP contribution in [0.4, 0.5) is 0 Å². The van der Waals surface area contributed by atoms with E-state index in [-0.39, 0.29) is 17.4 Å². The second kappa shape index (κ2) is 5.29. The molecule has 2 fully saturated rings. The highest BCUT2D eigenvalue weighted by atomic mass is 16.5. The maximum atomic E-state index is 13.0. The van der Waals surface area contributed by atoms with Gasteiger partial charge in [0.25, 0.3) is 0 Å². The fraction of sp³-hybridized carbons (Fsp3) is 0.389. The van der Waals surface area contributed by atoms with Gasteiger partial charge in [-0.05, 0) is 30.5 Å². The molecule has 0 bridgehead atoms. The number of nitrogens with zero attached hydrogens (tertiary/aromatic N) is 1. The van der Waals surface area contributed by atoms with Crippen molar-refractivity contribution in [3.05, 3.63) is 60.1 Å². The van der Waals surface area contributed by atoms with Crippen molar-refractivity contribution in [1.82, 2.24) is 4.90 Å². The first kappa shape index (κ1) is 13.6. The van der Waals surface area contributed by atoms with Crippen LogP contribution in [0, 0.1) is 0 Å². The maximum absolute atomic E-state index is 13.0. The lowest BCUT2D eigenvalue weighted by molar-refractivity contribution is -0.142. The summed E-state index contributed by atoms with van der Waals surface area (Å²) >= 11 is 0. The van der Waals surface area contributed by atoms with Crippen LogP contribution in [0.2, 0.25) is 0 Å². The quantitative estimate of drug-likeness (QED) is 0.875. The van der Waals surface area contributed by atoms with E-state index in [0.29, 0.717) is 19.7 Å². The van der Waals surface area contributed by atoms with Gasteiger partial charge in [-0.25, -0.2) is 0 Å². The Labute approximate surface area is 129 Å². The lowest BCUT2D eigenvalue weighted by Crippen LogP contribution is -2.46. The number of benzene rings is 1. The number of carbonyl (C=O) groups excluding carboxylic acids is 1. The van der Waals surface area contributed by atoms with Gasteiger partial charge in [0.15, 0.2) is 0 Å². The zero-order valence-corrected chi connectivity index (χ0v) is 12.4. The molecule has 2 aliphatic rings. The number of hydrogen-bond acceptors (Lipinski definition) is 3. The van der Waals surface area contributed by atoms with Crippen LogP contribution in [-0.2, 0) is 14.9 Å². The van der Waals surface area contributed by atoms with Gasteiger partial charge in [-0.2, -0.15) is 0 Å². The molecular formula is C18H19NO3. The fourth-order valence-corrected chi connectivity index (χ4v) is 3.29. The lowest BCUT2D eigenvalue weighted by Gasteiger charge is -2.34. The molecule has 22 heavy (non-hydrogen) atoms. The molecule has 1 aromatic heterocycles. The minimum atomic E-state index is -0.299. The van der Waals surface area contributed by atoms with Gasteiger partial charge >= 0.3 is 0 Å². The number of ether oxygens (including phenoxy) is 1. The van der Waals surface area contributed by atoms with Crippen LogP contribution in [0.3, 0.4) is 0 Å². The van der Waals surface area contributed by atoms with Gasteiger partial charge in [0.1, 0.15) is 11.9 Å². The molecule has 114 valence electrons. The first-order valence-electron chi connectivity index (χ1n) is 7.79. The summed E-state index contributed by atoms with van der Waals surface area (Å²) in [7, 11) is 0. The van der Waals surface area contributed by atoms with Crippen LogP contribution in [-0.4, -0.2) is 30.5 Å². The Bertz CT molecular complexity index is 646. The average molecular weight is 297 g/mol. The molecule has 1 unspecified atom stereocenters. The molecule has 1 saturated carbocycles. The van der Waals surface area contributed by atoms with E-state index in [1.807, 2.05) is 35.2 Å². The van der Waals surface area contributed by atoms with Crippen molar-refractivity contribution in [3.8, 4) is 0 Å². The summed E-state index contributed by atoms with van der Waals surface area (Å²) in [5, 5.41) is 0. The van der Waals surface area contributed by atoms with E-state index >= 15 is 0 Å². The van der Waals surface area contributed by atoms with Crippen LogP contribution in [0.1, 0.15) is 30.3 Å². The van der Waals surface area contributed by atoms with E-state index in [1.165, 1.54) is 0 Å². The summed E-state index contributed by atoms with van der Waals surface area (Å²) in [6.45, 7) is 1.79. The van der Waals surface area contributed by atoms with Gasteiger partial charge in [0.2, 0.25) is 5.91 Å². The van der Waals surface area contributed by atoms with Crippen molar-refractivity contribution >= 4 is 5.91 Å². The van der Waals surface area contributed by atoms with Crippen molar-refractivity contribution < 1.29 is 13.9 Å². The van der Waals surface area contributed by atoms with Crippen molar-refractivity contribution in [2.24, 2.45) is 0 Å². The van der Waals surface area contributed by atoms with Crippen LogP contribution >= 0.6 is 0 Å². The van der Waals surface area contributed by atoms with Crippen LogP contribution in [0.25, 0.3) is 0 Å². The smallest absolute Gasteiger partial charge is 0.233 e. The van der Waals surface area contributed by atoms with E-state index in [9.17, 15) is 4.79 Å². The number of furan rings is 1. The second-order valence-corrected chi connectivity index (χ2v) is 6.07. The first-order valence-corrected chi connectivity index (χ1v) is 7.79. The standard InChI is InChI=1S/C18H19NO3/c20-17(18(8-9-18)14-5-2-1-3-6-14)19-10-12-22-16(13-19)15-7-4-11-21-15/h1-7,11,16H,8-10,12-13H2. The predicted octanol–water partition coefficient (Wildman–Crippen LogP) is 2.91. The Kier molecular flexibility index (Phi) is 3.26. The maximum Gasteiger partial charge on any atom is 0.233 e. The van der Waals surface area contributed by atoms with Gasteiger partial charge in [-0.15, -0.1) is 0 Å². The molecule has 0 radical (unpaired) electrons. The van der Waals surface area contributed by atoms with E-state index in [2.05, 4.69) is 12.1 Å². The molecule has 4 nitrogen and oxygen atoms in total. The van der Waals surface area contributed by atoms with Crippen LogP contribution in [0.5, 0.6) is 0 Å². The van der Waals surface area contributed by atoms with E-state index in [4.69, 9.17) is 9.15 Å². The Morgan fingerprint density at radius 1 is 1.14 bits per heavy atom. The van der Waals surface area contributed by atoms with Gasteiger partial charge in [0.05, 0.1) is 24.8 Å². The SMILES string of the molecule is O=C(N1CCOC(c2ccco2)C1)C1(c2ccccc2)CC1. The average Bonchev–Trinajstić information content (AvgIpc) is 3.21. The number of rotatable bonds is 3. The fourth-order valence-electron chi connectivity index (χ4n) is 3.29. The number of morpholine rings is 1. The molecule has 2 aromatic rings. The molecule has 1 aliphatic carbocycles. The summed E-state index contributed by atoms with van der Waals surface area (Å²) in [4.78, 5) is 15.0. The summed E-state index contributed by atoms with van der Waals surface area (Å²) in [6.07, 6.45) is 3.38. The molecule has 1 aromatic carbocycles. The Hall–Kier alpha value is -2.07. The minimum Gasteiger partial charge on any atom is -0.467 e. The zero-order chi connectivity index (χ0) is 15.0. The third-order valence-corrected chi connectivity index (χ3v) is 4.70. The molecular weight excluding hydrogens is 278 g/mol. The summed E-state index contributed by atoms with van der Waals surface area (Å²) in [6, 6.07) is 13.9. The third kappa shape index (κ3) is 2.24. The van der Waals surface area contributed by atoms with Gasteiger partial charge in [0, 0.05) is 6.54 Å². The van der Waals surface area contributed by atoms with Gasteiger partial charge < -0.3 is 14.1 Å². The van der Waals surface area contributed by atoms with Gasteiger partial charge in [-0.3, -0.25) is 4.79 Å². The highest BCUT2D eigenvalue weighted by molar-refractivity contribution is 5.91. The molecule has 1 amide bonds. The topological polar surface area (TPSA) is 42.7 Å². The molecule has 2 heterocycles. The molecule has 1 aliphatic heterocycles. The van der Waals surface area contributed by atoms with Crippen LogP contribution < -0.4 is 0 Å². The van der Waals surface area contributed by atoms with Crippen molar-refractivity contribution in [3.63, 3.8) is 0 Å². The third-order valence-electron chi connectivity index (χ3n) is 4.70. The van der Waals surface area contributed by atoms with E-state index in [0.717, 1.165) is 24.2 Å². The van der Waals surface area contributed by atoms with Crippen molar-refractivity contribution in [2.45, 2.75) is 24.4 Å². The molecule has 0 spiro atoms. The summed E-state index contributed by atoms with van der Waals surface area (Å²) in [5.41, 5.74) is 0.841. The summed E-state index contributed by atoms with van der Waals surface area (Å²) < 4.78 is 11.2. The normalized spacial score (nSPS) is 23.3. The first-order chi connectivity index (χ1) is 10.8. The molecule has 1 atom stereocenters. The number of hydrogen-bond donors (Lipinski definition) is 0. The molecule has 4 heteroatoms. The van der Waals surface area contributed by atoms with Crippen molar-refractivity contribution in [2.75, 3.05) is 19.7 Å². The minimum absolute atomic E-state index is 0.153. The molecule has 1 saturated heterocycles. The van der Waals surface area contributed by atoms with E-state index < -0.39 is 0 Å². The van der Waals surface area contributed by atoms with Gasteiger partial charge in [-0.1, -0.05) is 30.3 Å². The largest absolute Gasteiger partial charge is 0.467 e. The number of carbonyl (C=O) groups is 1. The Morgan fingerprint density at radius 3 is 2.64 bits per heavy atom. The highest BCUT2D eigenvalue weighted by Crippen LogP contribution is 2.49.